The number of hydrogen-bond acceptors (Lipinski definition) is 4. The molecule has 0 radical (unpaired) electrons. The Kier molecular flexibility index (Phi) is 7.03. The topological polar surface area (TPSA) is 82.2 Å². The second-order valence-electron chi connectivity index (χ2n) is 7.19. The van der Waals surface area contributed by atoms with Crippen molar-refractivity contribution >= 4 is 5.91 Å². The van der Waals surface area contributed by atoms with Gasteiger partial charge in [0.1, 0.15) is 12.4 Å². The summed E-state index contributed by atoms with van der Waals surface area (Å²) in [4.78, 5) is 16.6. The van der Waals surface area contributed by atoms with Crippen molar-refractivity contribution in [1.82, 2.24) is 14.9 Å². The fraction of sp³-hybridized carbons (Fsp3) is 0.304. The molecule has 0 saturated heterocycles. The summed E-state index contributed by atoms with van der Waals surface area (Å²) >= 11 is 0. The molecule has 1 heterocycles. The highest BCUT2D eigenvalue weighted by Gasteiger charge is 2.15. The van der Waals surface area contributed by atoms with E-state index in [1.807, 2.05) is 61.0 Å². The van der Waals surface area contributed by atoms with Gasteiger partial charge in [-0.1, -0.05) is 48.5 Å². The number of imidazole rings is 1. The highest BCUT2D eigenvalue weighted by atomic mass is 16.5. The van der Waals surface area contributed by atoms with Crippen molar-refractivity contribution in [1.29, 1.82) is 0 Å². The lowest BCUT2D eigenvalue weighted by molar-refractivity contribution is -0.122. The first kappa shape index (κ1) is 20.6. The van der Waals surface area contributed by atoms with Crippen LogP contribution in [0.3, 0.4) is 0 Å². The summed E-state index contributed by atoms with van der Waals surface area (Å²) in [7, 11) is 0. The zero-order chi connectivity index (χ0) is 20.6. The summed E-state index contributed by atoms with van der Waals surface area (Å²) in [6, 6.07) is 15.5. The largest absolute Gasteiger partial charge is 0.491 e. The fourth-order valence-electron chi connectivity index (χ4n) is 3.20. The number of para-hydroxylation sites is 1. The van der Waals surface area contributed by atoms with E-state index in [1.54, 1.807) is 6.33 Å². The Labute approximate surface area is 171 Å². The second-order valence-corrected chi connectivity index (χ2v) is 7.19. The molecule has 6 nitrogen and oxygen atoms in total. The first-order chi connectivity index (χ1) is 14.0. The van der Waals surface area contributed by atoms with Gasteiger partial charge in [-0.15, -0.1) is 0 Å². The van der Waals surface area contributed by atoms with Crippen molar-refractivity contribution in [3.05, 3.63) is 83.4 Å². The Bertz CT molecular complexity index is 917. The highest BCUT2D eigenvalue weighted by Crippen LogP contribution is 2.21. The van der Waals surface area contributed by atoms with E-state index in [1.165, 1.54) is 5.56 Å². The quantitative estimate of drug-likeness (QED) is 0.549. The number of amides is 1. The van der Waals surface area contributed by atoms with Crippen LogP contribution in [-0.4, -0.2) is 34.7 Å². The highest BCUT2D eigenvalue weighted by molar-refractivity contribution is 5.81. The molecule has 1 amide bonds. The van der Waals surface area contributed by atoms with Gasteiger partial charge in [0, 0.05) is 19.2 Å². The first-order valence-electron chi connectivity index (χ1n) is 9.80. The van der Waals surface area contributed by atoms with Gasteiger partial charge in [-0.3, -0.25) is 4.79 Å². The molecule has 2 aromatic carbocycles. The first-order valence-corrected chi connectivity index (χ1v) is 9.80. The molecule has 3 aromatic rings. The van der Waals surface area contributed by atoms with Crippen molar-refractivity contribution in [2.75, 3.05) is 13.2 Å². The van der Waals surface area contributed by atoms with Gasteiger partial charge in [-0.05, 0) is 30.5 Å². The number of carbonyl (C=O) groups is 1. The van der Waals surface area contributed by atoms with Gasteiger partial charge in [0.15, 0.2) is 0 Å². The summed E-state index contributed by atoms with van der Waals surface area (Å²) < 4.78 is 7.80. The van der Waals surface area contributed by atoms with E-state index < -0.39 is 6.04 Å². The minimum Gasteiger partial charge on any atom is -0.491 e. The van der Waals surface area contributed by atoms with E-state index in [4.69, 9.17) is 10.5 Å². The third kappa shape index (κ3) is 5.93. The number of nitrogens with one attached hydrogen (secondary N) is 1. The molecule has 0 fully saturated rings. The van der Waals surface area contributed by atoms with E-state index in [0.29, 0.717) is 19.6 Å². The van der Waals surface area contributed by atoms with Crippen LogP contribution in [0.25, 0.3) is 0 Å². The van der Waals surface area contributed by atoms with Gasteiger partial charge >= 0.3 is 0 Å². The maximum absolute atomic E-state index is 12.3. The van der Waals surface area contributed by atoms with E-state index in [2.05, 4.69) is 22.4 Å². The van der Waals surface area contributed by atoms with Crippen LogP contribution in [0.15, 0.2) is 61.1 Å². The molecule has 0 bridgehead atoms. The molecule has 1 atom stereocenters. The molecule has 29 heavy (non-hydrogen) atoms. The van der Waals surface area contributed by atoms with Crippen molar-refractivity contribution in [3.8, 4) is 5.75 Å². The van der Waals surface area contributed by atoms with Gasteiger partial charge in [-0.25, -0.2) is 4.98 Å². The molecular formula is C23H28N4O2. The fourth-order valence-corrected chi connectivity index (χ4v) is 3.20. The van der Waals surface area contributed by atoms with Crippen LogP contribution in [-0.2, 0) is 17.8 Å². The zero-order valence-electron chi connectivity index (χ0n) is 17.0. The molecule has 0 unspecified atom stereocenters. The minimum atomic E-state index is -0.643. The average molecular weight is 393 g/mol. The van der Waals surface area contributed by atoms with E-state index in [9.17, 15) is 4.79 Å². The number of aryl methyl sites for hydroxylation is 2. The lowest BCUT2D eigenvalue weighted by Gasteiger charge is -2.14. The zero-order valence-corrected chi connectivity index (χ0v) is 17.0. The number of aromatic nitrogens is 2. The van der Waals surface area contributed by atoms with E-state index in [-0.39, 0.29) is 5.91 Å². The standard InChI is InChI=1S/C23H28N4O2/c1-17-7-6-8-18(2)22(17)29-12-11-25-23(28)21(24)13-20-15-27(16-26-20)14-19-9-4-3-5-10-19/h3-10,15-16,21H,11-14,24H2,1-2H3,(H,25,28)/t21-/m0/s1. The van der Waals surface area contributed by atoms with Crippen LogP contribution in [0.4, 0.5) is 0 Å². The van der Waals surface area contributed by atoms with Crippen LogP contribution >= 0.6 is 0 Å². The predicted octanol–water partition coefficient (Wildman–Crippen LogP) is 2.61. The molecule has 3 N–H and O–H groups in total. The number of nitrogens with two attached hydrogens (primary N) is 1. The maximum atomic E-state index is 12.3. The molecule has 0 aliphatic carbocycles. The molecule has 0 aliphatic heterocycles. The summed E-state index contributed by atoms with van der Waals surface area (Å²) in [6.07, 6.45) is 4.10. The molecule has 1 aromatic heterocycles. The minimum absolute atomic E-state index is 0.201. The van der Waals surface area contributed by atoms with Crippen molar-refractivity contribution < 1.29 is 9.53 Å². The number of ether oxygens (including phenoxy) is 1. The van der Waals surface area contributed by atoms with Crippen LogP contribution < -0.4 is 15.8 Å². The molecule has 3 rings (SSSR count). The lowest BCUT2D eigenvalue weighted by atomic mass is 10.1. The average Bonchev–Trinajstić information content (AvgIpc) is 3.14. The smallest absolute Gasteiger partial charge is 0.237 e. The van der Waals surface area contributed by atoms with Crippen molar-refractivity contribution in [3.63, 3.8) is 0 Å². The molecule has 0 spiro atoms. The third-order valence-electron chi connectivity index (χ3n) is 4.72. The Morgan fingerprint density at radius 1 is 1.14 bits per heavy atom. The monoisotopic (exact) mass is 392 g/mol. The molecule has 152 valence electrons. The molecule has 0 saturated carbocycles. The van der Waals surface area contributed by atoms with Crippen molar-refractivity contribution in [2.24, 2.45) is 5.73 Å². The van der Waals surface area contributed by atoms with E-state index >= 15 is 0 Å². The Hall–Kier alpha value is -3.12. The van der Waals surface area contributed by atoms with Gasteiger partial charge in [0.25, 0.3) is 0 Å². The van der Waals surface area contributed by atoms with Gasteiger partial charge in [0.05, 0.1) is 24.6 Å². The van der Waals surface area contributed by atoms with Gasteiger partial charge in [-0.2, -0.15) is 0 Å². The molecular weight excluding hydrogens is 364 g/mol. The number of rotatable bonds is 9. The van der Waals surface area contributed by atoms with Gasteiger partial charge < -0.3 is 20.4 Å². The SMILES string of the molecule is Cc1cccc(C)c1OCCNC(=O)[C@@H](N)Cc1cn(Cc2ccccc2)cn1. The Balaban J connectivity index is 1.42. The van der Waals surface area contributed by atoms with Crippen LogP contribution in [0.1, 0.15) is 22.4 Å². The van der Waals surface area contributed by atoms with Crippen LogP contribution in [0.5, 0.6) is 5.75 Å². The third-order valence-corrected chi connectivity index (χ3v) is 4.72. The number of nitrogens with zero attached hydrogens (tertiary/aromatic N) is 2. The van der Waals surface area contributed by atoms with Crippen molar-refractivity contribution in [2.45, 2.75) is 32.9 Å². The number of benzene rings is 2. The summed E-state index contributed by atoms with van der Waals surface area (Å²) in [5.41, 5.74) is 10.2. The molecule has 6 heteroatoms. The maximum Gasteiger partial charge on any atom is 0.237 e. The van der Waals surface area contributed by atoms with Gasteiger partial charge in [0.2, 0.25) is 5.91 Å². The number of carbonyl (C=O) groups excluding carboxylic acids is 1. The summed E-state index contributed by atoms with van der Waals surface area (Å²) in [6.45, 7) is 5.56. The Morgan fingerprint density at radius 3 is 2.59 bits per heavy atom. The summed E-state index contributed by atoms with van der Waals surface area (Å²) in [5, 5.41) is 2.83. The predicted molar refractivity (Wildman–Crippen MR) is 114 cm³/mol. The van der Waals surface area contributed by atoms with Crippen LogP contribution in [0.2, 0.25) is 0 Å². The van der Waals surface area contributed by atoms with Crippen LogP contribution in [0, 0.1) is 13.8 Å². The normalized spacial score (nSPS) is 11.8. The summed E-state index contributed by atoms with van der Waals surface area (Å²) in [5.74, 6) is 0.669. The Morgan fingerprint density at radius 2 is 1.86 bits per heavy atom. The van der Waals surface area contributed by atoms with E-state index in [0.717, 1.165) is 29.1 Å². The molecule has 0 aliphatic rings. The lowest BCUT2D eigenvalue weighted by Crippen LogP contribution is -2.43. The number of hydrogen-bond donors (Lipinski definition) is 2. The second kappa shape index (κ2) is 9.89.